The number of amides is 1. The van der Waals surface area contributed by atoms with Crippen LogP contribution in [0, 0.1) is 11.3 Å². The highest BCUT2D eigenvalue weighted by molar-refractivity contribution is 6.30. The maximum atomic E-state index is 10.9. The lowest BCUT2D eigenvalue weighted by Gasteiger charge is -2.03. The molecular formula is C11H9ClN2O. The largest absolute Gasteiger partial charge is 0.365 e. The number of benzene rings is 1. The highest BCUT2D eigenvalue weighted by Gasteiger charge is 2.09. The molecular weight excluding hydrogens is 212 g/mol. The van der Waals surface area contributed by atoms with E-state index < -0.39 is 5.91 Å². The van der Waals surface area contributed by atoms with Crippen molar-refractivity contribution in [1.29, 1.82) is 5.26 Å². The Morgan fingerprint density at radius 3 is 2.33 bits per heavy atom. The highest BCUT2D eigenvalue weighted by atomic mass is 35.5. The molecule has 0 saturated heterocycles. The van der Waals surface area contributed by atoms with Gasteiger partial charge in [-0.25, -0.2) is 0 Å². The monoisotopic (exact) mass is 220 g/mol. The summed E-state index contributed by atoms with van der Waals surface area (Å²) in [5.74, 6) is -0.718. The first-order chi connectivity index (χ1) is 7.06. The first-order valence-electron chi connectivity index (χ1n) is 4.23. The van der Waals surface area contributed by atoms with Gasteiger partial charge in [0.2, 0.25) is 0 Å². The van der Waals surface area contributed by atoms with Crippen LogP contribution in [0.1, 0.15) is 12.5 Å². The van der Waals surface area contributed by atoms with Crippen molar-refractivity contribution in [1.82, 2.24) is 0 Å². The number of carbonyl (C=O) groups is 1. The number of carbonyl (C=O) groups excluding carboxylic acids is 1. The molecule has 0 saturated carbocycles. The summed E-state index contributed by atoms with van der Waals surface area (Å²) in [6.07, 6.45) is 0. The Bertz CT molecular complexity index is 454. The lowest BCUT2D eigenvalue weighted by Crippen LogP contribution is -2.13. The average molecular weight is 221 g/mol. The molecule has 0 unspecified atom stereocenters. The van der Waals surface area contributed by atoms with Crippen LogP contribution in [0.25, 0.3) is 5.57 Å². The maximum absolute atomic E-state index is 10.9. The van der Waals surface area contributed by atoms with Crippen molar-refractivity contribution < 1.29 is 4.79 Å². The van der Waals surface area contributed by atoms with E-state index in [9.17, 15) is 4.79 Å². The van der Waals surface area contributed by atoms with Gasteiger partial charge in [-0.2, -0.15) is 5.26 Å². The fraction of sp³-hybridized carbons (Fsp3) is 0.0909. The first-order valence-corrected chi connectivity index (χ1v) is 4.60. The van der Waals surface area contributed by atoms with E-state index in [0.717, 1.165) is 5.56 Å². The van der Waals surface area contributed by atoms with Crippen molar-refractivity contribution in [2.45, 2.75) is 6.92 Å². The molecule has 0 aliphatic heterocycles. The van der Waals surface area contributed by atoms with Gasteiger partial charge in [0, 0.05) is 5.02 Å². The van der Waals surface area contributed by atoms with E-state index >= 15 is 0 Å². The minimum absolute atomic E-state index is 0.0303. The number of rotatable bonds is 2. The van der Waals surface area contributed by atoms with Gasteiger partial charge in [-0.15, -0.1) is 0 Å². The van der Waals surface area contributed by atoms with Crippen LogP contribution in [0.4, 0.5) is 0 Å². The molecule has 0 radical (unpaired) electrons. The molecule has 1 rings (SSSR count). The molecule has 0 aromatic heterocycles. The SMILES string of the molecule is C/C(=C(\C#N)C(N)=O)c1ccc(Cl)cc1. The summed E-state index contributed by atoms with van der Waals surface area (Å²) >= 11 is 5.72. The minimum atomic E-state index is -0.718. The number of halogens is 1. The van der Waals surface area contributed by atoms with Gasteiger partial charge in [-0.3, -0.25) is 4.79 Å². The first kappa shape index (κ1) is 11.3. The Labute approximate surface area is 92.8 Å². The maximum Gasteiger partial charge on any atom is 0.259 e. The Hall–Kier alpha value is -1.79. The van der Waals surface area contributed by atoms with E-state index in [4.69, 9.17) is 22.6 Å². The van der Waals surface area contributed by atoms with Crippen molar-refractivity contribution in [3.8, 4) is 6.07 Å². The Morgan fingerprint density at radius 2 is 1.93 bits per heavy atom. The van der Waals surface area contributed by atoms with E-state index in [1.807, 2.05) is 0 Å². The van der Waals surface area contributed by atoms with Gasteiger partial charge < -0.3 is 5.73 Å². The van der Waals surface area contributed by atoms with E-state index in [2.05, 4.69) is 0 Å². The van der Waals surface area contributed by atoms with Crippen LogP contribution >= 0.6 is 11.6 Å². The van der Waals surface area contributed by atoms with Crippen LogP contribution < -0.4 is 5.73 Å². The minimum Gasteiger partial charge on any atom is -0.365 e. The topological polar surface area (TPSA) is 66.9 Å². The van der Waals surface area contributed by atoms with Crippen LogP contribution in [-0.4, -0.2) is 5.91 Å². The second-order valence-electron chi connectivity index (χ2n) is 2.98. The van der Waals surface area contributed by atoms with E-state index in [0.29, 0.717) is 10.6 Å². The van der Waals surface area contributed by atoms with Crippen molar-refractivity contribution in [3.63, 3.8) is 0 Å². The van der Waals surface area contributed by atoms with Crippen molar-refractivity contribution in [2.24, 2.45) is 5.73 Å². The number of nitrogens with zero attached hydrogens (tertiary/aromatic N) is 1. The zero-order chi connectivity index (χ0) is 11.4. The number of nitriles is 1. The number of nitrogens with two attached hydrogens (primary N) is 1. The third-order valence-corrected chi connectivity index (χ3v) is 2.26. The molecule has 0 spiro atoms. The lowest BCUT2D eigenvalue weighted by molar-refractivity contribution is -0.114. The molecule has 76 valence electrons. The molecule has 1 aromatic carbocycles. The third-order valence-electron chi connectivity index (χ3n) is 2.01. The molecule has 0 bridgehead atoms. The summed E-state index contributed by atoms with van der Waals surface area (Å²) in [6.45, 7) is 1.67. The quantitative estimate of drug-likeness (QED) is 0.613. The molecule has 0 aliphatic rings. The van der Waals surface area contributed by atoms with Gasteiger partial charge in [0.15, 0.2) is 0 Å². The van der Waals surface area contributed by atoms with Crippen molar-refractivity contribution in [2.75, 3.05) is 0 Å². The zero-order valence-electron chi connectivity index (χ0n) is 8.12. The molecule has 0 aliphatic carbocycles. The van der Waals surface area contributed by atoms with E-state index in [1.165, 1.54) is 0 Å². The summed E-state index contributed by atoms with van der Waals surface area (Å²) in [5, 5.41) is 9.35. The Balaban J connectivity index is 3.24. The molecule has 4 heteroatoms. The fourth-order valence-corrected chi connectivity index (χ4v) is 1.29. The molecule has 3 nitrogen and oxygen atoms in total. The van der Waals surface area contributed by atoms with Gasteiger partial charge in [0.1, 0.15) is 11.6 Å². The molecule has 2 N–H and O–H groups in total. The molecule has 0 heterocycles. The van der Waals surface area contributed by atoms with Gasteiger partial charge in [-0.05, 0) is 30.2 Å². The van der Waals surface area contributed by atoms with Gasteiger partial charge >= 0.3 is 0 Å². The molecule has 0 fully saturated rings. The molecule has 15 heavy (non-hydrogen) atoms. The molecule has 1 aromatic rings. The summed E-state index contributed by atoms with van der Waals surface area (Å²) in [7, 11) is 0. The van der Waals surface area contributed by atoms with Crippen LogP contribution in [0.5, 0.6) is 0 Å². The van der Waals surface area contributed by atoms with E-state index in [-0.39, 0.29) is 5.57 Å². The second kappa shape index (κ2) is 4.63. The Morgan fingerprint density at radius 1 is 1.40 bits per heavy atom. The summed E-state index contributed by atoms with van der Waals surface area (Å²) < 4.78 is 0. The predicted molar refractivity (Wildman–Crippen MR) is 58.9 cm³/mol. The van der Waals surface area contributed by atoms with Gasteiger partial charge in [0.25, 0.3) is 5.91 Å². The number of hydrogen-bond acceptors (Lipinski definition) is 2. The standard InChI is InChI=1S/C11H9ClN2O/c1-7(10(6-13)11(14)15)8-2-4-9(12)5-3-8/h2-5H,1H3,(H2,14,15)/b10-7-. The average Bonchev–Trinajstić information content (AvgIpc) is 2.19. The number of primary amides is 1. The second-order valence-corrected chi connectivity index (χ2v) is 3.42. The summed E-state index contributed by atoms with van der Waals surface area (Å²) in [6, 6.07) is 8.64. The molecule has 0 atom stereocenters. The number of allylic oxidation sites excluding steroid dienone is 1. The van der Waals surface area contributed by atoms with Crippen LogP contribution in [0.2, 0.25) is 5.02 Å². The zero-order valence-corrected chi connectivity index (χ0v) is 8.88. The van der Waals surface area contributed by atoms with Gasteiger partial charge in [0.05, 0.1) is 0 Å². The van der Waals surface area contributed by atoms with Crippen molar-refractivity contribution in [3.05, 3.63) is 40.4 Å². The highest BCUT2D eigenvalue weighted by Crippen LogP contribution is 2.19. The fourth-order valence-electron chi connectivity index (χ4n) is 1.17. The Kier molecular flexibility index (Phi) is 3.48. The third kappa shape index (κ3) is 2.58. The lowest BCUT2D eigenvalue weighted by atomic mass is 10.0. The van der Waals surface area contributed by atoms with Gasteiger partial charge in [-0.1, -0.05) is 23.7 Å². The summed E-state index contributed by atoms with van der Waals surface area (Å²) in [4.78, 5) is 10.9. The smallest absolute Gasteiger partial charge is 0.259 e. The summed E-state index contributed by atoms with van der Waals surface area (Å²) in [5.41, 5.74) is 6.36. The number of hydrogen-bond donors (Lipinski definition) is 1. The van der Waals surface area contributed by atoms with E-state index in [1.54, 1.807) is 37.3 Å². The van der Waals surface area contributed by atoms with Crippen LogP contribution in [0.15, 0.2) is 29.8 Å². The predicted octanol–water partition coefficient (Wildman–Crippen LogP) is 2.12. The van der Waals surface area contributed by atoms with Crippen LogP contribution in [-0.2, 0) is 4.79 Å². The normalized spacial score (nSPS) is 11.5. The van der Waals surface area contributed by atoms with Crippen molar-refractivity contribution >= 4 is 23.1 Å². The molecule has 1 amide bonds. The van der Waals surface area contributed by atoms with Crippen LogP contribution in [0.3, 0.4) is 0 Å².